The third-order valence-electron chi connectivity index (χ3n) is 4.79. The summed E-state index contributed by atoms with van der Waals surface area (Å²) in [6.45, 7) is 0.283. The summed E-state index contributed by atoms with van der Waals surface area (Å²) in [5.41, 5.74) is 1.93. The molecule has 0 spiro atoms. The number of anilines is 1. The number of nitrogens with one attached hydrogen (secondary N) is 1. The number of carbonyl (C=O) groups is 1. The lowest BCUT2D eigenvalue weighted by Gasteiger charge is -2.21. The van der Waals surface area contributed by atoms with Crippen LogP contribution in [-0.2, 0) is 4.79 Å². The molecule has 0 saturated heterocycles. The van der Waals surface area contributed by atoms with E-state index in [9.17, 15) is 9.90 Å². The fraction of sp³-hybridized carbons (Fsp3) is 0.632. The van der Waals surface area contributed by atoms with E-state index in [1.165, 1.54) is 32.1 Å². The highest BCUT2D eigenvalue weighted by molar-refractivity contribution is 5.75. The molecule has 1 aromatic carbocycles. The summed E-state index contributed by atoms with van der Waals surface area (Å²) in [7, 11) is 3.97. The summed E-state index contributed by atoms with van der Waals surface area (Å²) in [6, 6.07) is 7.77. The van der Waals surface area contributed by atoms with Crippen LogP contribution in [0, 0.1) is 5.92 Å². The van der Waals surface area contributed by atoms with Crippen LogP contribution in [0.15, 0.2) is 24.3 Å². The molecule has 1 atom stereocenters. The average molecular weight is 318 g/mol. The van der Waals surface area contributed by atoms with Crippen LogP contribution in [-0.4, -0.2) is 31.7 Å². The lowest BCUT2D eigenvalue weighted by Crippen LogP contribution is -2.28. The number of carbonyl (C=O) groups excluding carboxylic acids is 1. The van der Waals surface area contributed by atoms with E-state index < -0.39 is 6.10 Å². The standard InChI is InChI=1S/C19H30N2O2/c1-21(2)17-11-9-16(10-12-17)18(22)14-20-19(23)13-8-15-6-4-3-5-7-15/h9-12,15,18,22H,3-8,13-14H2,1-2H3,(H,20,23). The van der Waals surface area contributed by atoms with Crippen LogP contribution in [0.1, 0.15) is 56.6 Å². The van der Waals surface area contributed by atoms with Crippen molar-refractivity contribution in [2.75, 3.05) is 25.5 Å². The SMILES string of the molecule is CN(C)c1ccc(C(O)CNC(=O)CCC2CCCCC2)cc1. The first-order valence-electron chi connectivity index (χ1n) is 8.78. The van der Waals surface area contributed by atoms with E-state index in [1.54, 1.807) is 0 Å². The van der Waals surface area contributed by atoms with Crippen molar-refractivity contribution in [2.24, 2.45) is 5.92 Å². The molecule has 2 rings (SSSR count). The fourth-order valence-electron chi connectivity index (χ4n) is 3.22. The molecule has 4 heteroatoms. The number of nitrogens with zero attached hydrogens (tertiary/aromatic N) is 1. The molecule has 1 aromatic rings. The molecule has 1 amide bonds. The monoisotopic (exact) mass is 318 g/mol. The zero-order valence-electron chi connectivity index (χ0n) is 14.4. The van der Waals surface area contributed by atoms with Gasteiger partial charge in [0.1, 0.15) is 0 Å². The summed E-state index contributed by atoms with van der Waals surface area (Å²) in [6.07, 6.45) is 7.44. The number of aliphatic hydroxyl groups excluding tert-OH is 1. The van der Waals surface area contributed by atoms with Crippen molar-refractivity contribution in [1.29, 1.82) is 0 Å². The molecule has 0 aliphatic heterocycles. The Labute approximate surface area is 139 Å². The molecule has 1 fully saturated rings. The minimum absolute atomic E-state index is 0.0551. The van der Waals surface area contributed by atoms with Gasteiger partial charge in [-0.15, -0.1) is 0 Å². The molecule has 128 valence electrons. The van der Waals surface area contributed by atoms with E-state index in [-0.39, 0.29) is 12.5 Å². The Balaban J connectivity index is 1.70. The molecule has 1 unspecified atom stereocenters. The molecule has 4 nitrogen and oxygen atoms in total. The van der Waals surface area contributed by atoms with Gasteiger partial charge in [-0.3, -0.25) is 4.79 Å². The van der Waals surface area contributed by atoms with Gasteiger partial charge in [-0.25, -0.2) is 0 Å². The van der Waals surface area contributed by atoms with Crippen molar-refractivity contribution in [2.45, 2.75) is 51.0 Å². The maximum absolute atomic E-state index is 11.9. The normalized spacial score (nSPS) is 16.8. The Morgan fingerprint density at radius 2 is 1.87 bits per heavy atom. The molecule has 1 aliphatic carbocycles. The van der Waals surface area contributed by atoms with Crippen molar-refractivity contribution in [3.63, 3.8) is 0 Å². The maximum Gasteiger partial charge on any atom is 0.220 e. The van der Waals surface area contributed by atoms with E-state index in [1.807, 2.05) is 43.3 Å². The average Bonchev–Trinajstić information content (AvgIpc) is 2.58. The number of aliphatic hydroxyl groups is 1. The van der Waals surface area contributed by atoms with Gasteiger partial charge in [0.2, 0.25) is 5.91 Å². The minimum atomic E-state index is -0.648. The van der Waals surface area contributed by atoms with E-state index >= 15 is 0 Å². The molecule has 2 N–H and O–H groups in total. The molecule has 23 heavy (non-hydrogen) atoms. The first kappa shape index (κ1) is 17.8. The minimum Gasteiger partial charge on any atom is -0.387 e. The molecule has 0 radical (unpaired) electrons. The molecule has 0 bridgehead atoms. The van der Waals surface area contributed by atoms with Crippen molar-refractivity contribution in [3.8, 4) is 0 Å². The van der Waals surface area contributed by atoms with E-state index in [2.05, 4.69) is 5.32 Å². The number of amides is 1. The van der Waals surface area contributed by atoms with Crippen molar-refractivity contribution >= 4 is 11.6 Å². The zero-order chi connectivity index (χ0) is 16.7. The summed E-state index contributed by atoms with van der Waals surface area (Å²) in [5.74, 6) is 0.775. The number of rotatable bonds is 7. The van der Waals surface area contributed by atoms with Gasteiger partial charge in [0, 0.05) is 32.7 Å². The number of hydrogen-bond donors (Lipinski definition) is 2. The highest BCUT2D eigenvalue weighted by Crippen LogP contribution is 2.27. The Hall–Kier alpha value is -1.55. The summed E-state index contributed by atoms with van der Waals surface area (Å²) < 4.78 is 0. The lowest BCUT2D eigenvalue weighted by molar-refractivity contribution is -0.121. The highest BCUT2D eigenvalue weighted by Gasteiger charge is 2.15. The highest BCUT2D eigenvalue weighted by atomic mass is 16.3. The third-order valence-corrected chi connectivity index (χ3v) is 4.79. The van der Waals surface area contributed by atoms with Crippen molar-refractivity contribution in [3.05, 3.63) is 29.8 Å². The largest absolute Gasteiger partial charge is 0.387 e. The fourth-order valence-corrected chi connectivity index (χ4v) is 3.22. The van der Waals surface area contributed by atoms with Crippen molar-refractivity contribution in [1.82, 2.24) is 5.32 Å². The number of hydrogen-bond acceptors (Lipinski definition) is 3. The second-order valence-electron chi connectivity index (χ2n) is 6.85. The molecule has 1 aliphatic rings. The van der Waals surface area contributed by atoms with Gasteiger partial charge in [0.05, 0.1) is 6.10 Å². The van der Waals surface area contributed by atoms with E-state index in [0.29, 0.717) is 6.42 Å². The van der Waals surface area contributed by atoms with Crippen LogP contribution in [0.2, 0.25) is 0 Å². The predicted molar refractivity (Wildman–Crippen MR) is 94.5 cm³/mol. The summed E-state index contributed by atoms with van der Waals surface area (Å²) in [4.78, 5) is 14.0. The Morgan fingerprint density at radius 3 is 2.48 bits per heavy atom. The van der Waals surface area contributed by atoms with Crippen LogP contribution in [0.3, 0.4) is 0 Å². The molecular formula is C19H30N2O2. The van der Waals surface area contributed by atoms with Gasteiger partial charge < -0.3 is 15.3 Å². The van der Waals surface area contributed by atoms with E-state index in [0.717, 1.165) is 23.6 Å². The van der Waals surface area contributed by atoms with Crippen LogP contribution in [0.25, 0.3) is 0 Å². The van der Waals surface area contributed by atoms with Crippen LogP contribution in [0.5, 0.6) is 0 Å². The topological polar surface area (TPSA) is 52.6 Å². The number of benzene rings is 1. The zero-order valence-corrected chi connectivity index (χ0v) is 14.4. The predicted octanol–water partition coefficient (Wildman–Crippen LogP) is 3.26. The Bertz CT molecular complexity index is 479. The molecule has 0 heterocycles. The maximum atomic E-state index is 11.9. The van der Waals surface area contributed by atoms with Gasteiger partial charge in [-0.05, 0) is 30.0 Å². The van der Waals surface area contributed by atoms with Gasteiger partial charge in [-0.2, -0.15) is 0 Å². The van der Waals surface area contributed by atoms with Gasteiger partial charge in [0.25, 0.3) is 0 Å². The van der Waals surface area contributed by atoms with Crippen LogP contribution in [0.4, 0.5) is 5.69 Å². The first-order chi connectivity index (χ1) is 11.1. The van der Waals surface area contributed by atoms with Crippen LogP contribution >= 0.6 is 0 Å². The van der Waals surface area contributed by atoms with Gasteiger partial charge in [-0.1, -0.05) is 44.2 Å². The Kier molecular flexibility index (Phi) is 6.90. The summed E-state index contributed by atoms with van der Waals surface area (Å²) >= 11 is 0. The smallest absolute Gasteiger partial charge is 0.220 e. The van der Waals surface area contributed by atoms with Gasteiger partial charge >= 0.3 is 0 Å². The molecular weight excluding hydrogens is 288 g/mol. The second-order valence-corrected chi connectivity index (χ2v) is 6.85. The Morgan fingerprint density at radius 1 is 1.22 bits per heavy atom. The lowest BCUT2D eigenvalue weighted by atomic mass is 9.86. The third kappa shape index (κ3) is 5.87. The van der Waals surface area contributed by atoms with Crippen LogP contribution < -0.4 is 10.2 Å². The van der Waals surface area contributed by atoms with Gasteiger partial charge in [0.15, 0.2) is 0 Å². The quantitative estimate of drug-likeness (QED) is 0.811. The van der Waals surface area contributed by atoms with Crippen molar-refractivity contribution < 1.29 is 9.90 Å². The first-order valence-corrected chi connectivity index (χ1v) is 8.78. The molecule has 1 saturated carbocycles. The molecule has 0 aromatic heterocycles. The second kappa shape index (κ2) is 8.92. The van der Waals surface area contributed by atoms with E-state index in [4.69, 9.17) is 0 Å². The summed E-state index contributed by atoms with van der Waals surface area (Å²) in [5, 5.41) is 13.0.